The molecule has 0 bridgehead atoms. The fourth-order valence-corrected chi connectivity index (χ4v) is 2.57. The molecule has 0 radical (unpaired) electrons. The minimum Gasteiger partial charge on any atom is -0.455 e. The summed E-state index contributed by atoms with van der Waals surface area (Å²) in [5.41, 5.74) is -1.22. The van der Waals surface area contributed by atoms with Crippen molar-refractivity contribution < 1.29 is 41.6 Å². The second-order valence-corrected chi connectivity index (χ2v) is 4.97. The van der Waals surface area contributed by atoms with E-state index in [1.807, 2.05) is 0 Å². The molecule has 7 nitrogen and oxygen atoms in total. The molecule has 10 heteroatoms. The summed E-state index contributed by atoms with van der Waals surface area (Å²) in [6, 6.07) is 0. The van der Waals surface area contributed by atoms with Crippen molar-refractivity contribution in [2.45, 2.75) is 50.9 Å². The number of rotatable bonds is 4. The van der Waals surface area contributed by atoms with E-state index >= 15 is 0 Å². The second-order valence-electron chi connectivity index (χ2n) is 4.12. The molecule has 1 heterocycles. The van der Waals surface area contributed by atoms with E-state index in [-0.39, 0.29) is 0 Å². The van der Waals surface area contributed by atoms with Gasteiger partial charge >= 0.3 is 17.9 Å². The van der Waals surface area contributed by atoms with Crippen LogP contribution in [0.1, 0.15) is 20.8 Å². The third kappa shape index (κ3) is 5.12. The monoisotopic (exact) mass is 328 g/mol. The summed E-state index contributed by atoms with van der Waals surface area (Å²) < 4.78 is 45.2. The Hall–Kier alpha value is -1.42. The zero-order valence-corrected chi connectivity index (χ0v) is 12.2. The van der Waals surface area contributed by atoms with E-state index in [1.165, 1.54) is 0 Å². The molecule has 1 fully saturated rings. The Labute approximate surface area is 123 Å². The molecule has 21 heavy (non-hydrogen) atoms. The zero-order valence-electron chi connectivity index (χ0n) is 11.4. The summed E-state index contributed by atoms with van der Waals surface area (Å²) in [5, 5.41) is 0. The average Bonchev–Trinajstić information content (AvgIpc) is 2.31. The molecule has 0 aromatic rings. The predicted molar refractivity (Wildman–Crippen MR) is 65.1 cm³/mol. The number of carbonyl (C=O) groups excluding carboxylic acids is 3. The van der Waals surface area contributed by atoms with Crippen molar-refractivity contribution >= 4 is 30.0 Å². The van der Waals surface area contributed by atoms with Crippen molar-refractivity contribution in [3.8, 4) is 0 Å². The van der Waals surface area contributed by atoms with Crippen molar-refractivity contribution in [1.29, 1.82) is 0 Å². The zero-order chi connectivity index (χ0) is 16.2. The number of hydrogen-bond donors (Lipinski definition) is 0. The third-order valence-corrected chi connectivity index (χ3v) is 3.20. The van der Waals surface area contributed by atoms with Gasteiger partial charge in [-0.25, -0.2) is 8.78 Å². The molecule has 0 N–H and O–H groups in total. The molecule has 0 aromatic carbocycles. The normalized spacial score (nSPS) is 28.9. The summed E-state index contributed by atoms with van der Waals surface area (Å²) in [5.74, 6) is -2.39. The molecule has 1 aliphatic heterocycles. The average molecular weight is 328 g/mol. The Bertz CT molecular complexity index is 417. The number of esters is 3. The van der Waals surface area contributed by atoms with Gasteiger partial charge in [-0.15, -0.1) is 0 Å². The van der Waals surface area contributed by atoms with Crippen LogP contribution in [-0.2, 0) is 32.8 Å². The van der Waals surface area contributed by atoms with Crippen LogP contribution >= 0.6 is 12.0 Å². The highest BCUT2D eigenvalue weighted by Crippen LogP contribution is 2.36. The standard InChI is InChI=1S/C11H14F2O7S/c1-4(14)17-7-8(10(12)13)20-21-11(19-6(3)16)9(7)18-5(2)15/h7-11H,1-3H3/t7-,8-,9-,11-/m1/s1. The smallest absolute Gasteiger partial charge is 0.303 e. The van der Waals surface area contributed by atoms with Gasteiger partial charge in [-0.05, 0) is 0 Å². The van der Waals surface area contributed by atoms with Crippen molar-refractivity contribution in [1.82, 2.24) is 0 Å². The molecule has 0 spiro atoms. The van der Waals surface area contributed by atoms with Gasteiger partial charge in [0.05, 0.1) is 0 Å². The topological polar surface area (TPSA) is 88.1 Å². The molecule has 0 aliphatic carbocycles. The Morgan fingerprint density at radius 3 is 1.86 bits per heavy atom. The van der Waals surface area contributed by atoms with Crippen LogP contribution in [0, 0.1) is 0 Å². The number of hydrogen-bond acceptors (Lipinski definition) is 8. The van der Waals surface area contributed by atoms with Crippen LogP contribution in [0.3, 0.4) is 0 Å². The predicted octanol–water partition coefficient (Wildman–Crippen LogP) is 1.05. The Morgan fingerprint density at radius 1 is 0.952 bits per heavy atom. The van der Waals surface area contributed by atoms with E-state index in [1.54, 1.807) is 0 Å². The van der Waals surface area contributed by atoms with Gasteiger partial charge in [0.15, 0.2) is 18.3 Å². The highest BCUT2D eigenvalue weighted by atomic mass is 32.2. The number of halogens is 2. The summed E-state index contributed by atoms with van der Waals surface area (Å²) >= 11 is 0.417. The lowest BCUT2D eigenvalue weighted by molar-refractivity contribution is -0.196. The molecule has 1 aliphatic rings. The van der Waals surface area contributed by atoms with Gasteiger partial charge in [0.1, 0.15) is 0 Å². The minimum absolute atomic E-state index is 0.417. The molecule has 0 aromatic heterocycles. The van der Waals surface area contributed by atoms with Crippen molar-refractivity contribution in [2.24, 2.45) is 0 Å². The maximum absolute atomic E-state index is 12.9. The molecule has 4 atom stereocenters. The molecule has 1 rings (SSSR count). The molecule has 1 saturated heterocycles. The van der Waals surface area contributed by atoms with E-state index in [0.717, 1.165) is 20.8 Å². The van der Waals surface area contributed by atoms with E-state index in [9.17, 15) is 23.2 Å². The van der Waals surface area contributed by atoms with E-state index in [0.29, 0.717) is 12.0 Å². The highest BCUT2D eigenvalue weighted by molar-refractivity contribution is 7.95. The van der Waals surface area contributed by atoms with E-state index < -0.39 is 48.1 Å². The fourth-order valence-electron chi connectivity index (χ4n) is 1.65. The van der Waals surface area contributed by atoms with Gasteiger partial charge in [0, 0.05) is 32.8 Å². The third-order valence-electron chi connectivity index (χ3n) is 2.31. The first-order chi connectivity index (χ1) is 9.72. The number of ether oxygens (including phenoxy) is 3. The second kappa shape index (κ2) is 7.55. The van der Waals surface area contributed by atoms with Crippen molar-refractivity contribution in [3.63, 3.8) is 0 Å². The SMILES string of the molecule is CC(=O)O[C@@H]1[C@H](OC(C)=O)[C@H](C(F)F)OS[C@H]1OC(C)=O. The fraction of sp³-hybridized carbons (Fsp3) is 0.727. The van der Waals surface area contributed by atoms with Crippen LogP contribution in [-0.4, -0.2) is 48.1 Å². The molecular formula is C11H14F2O7S. The highest BCUT2D eigenvalue weighted by Gasteiger charge is 2.51. The summed E-state index contributed by atoms with van der Waals surface area (Å²) in [6.07, 6.45) is -7.78. The molecular weight excluding hydrogens is 314 g/mol. The lowest BCUT2D eigenvalue weighted by Gasteiger charge is -2.38. The molecule has 0 amide bonds. The van der Waals surface area contributed by atoms with Gasteiger partial charge in [-0.1, -0.05) is 0 Å². The largest absolute Gasteiger partial charge is 0.455 e. The molecule has 120 valence electrons. The Morgan fingerprint density at radius 2 is 1.43 bits per heavy atom. The molecule has 0 saturated carbocycles. The van der Waals surface area contributed by atoms with Crippen molar-refractivity contribution in [3.05, 3.63) is 0 Å². The summed E-state index contributed by atoms with van der Waals surface area (Å²) in [7, 11) is 0. The summed E-state index contributed by atoms with van der Waals surface area (Å²) in [4.78, 5) is 33.2. The minimum atomic E-state index is -2.99. The Balaban J connectivity index is 3.03. The van der Waals surface area contributed by atoms with Crippen LogP contribution < -0.4 is 0 Å². The van der Waals surface area contributed by atoms with Gasteiger partial charge < -0.3 is 14.2 Å². The molecule has 0 unspecified atom stereocenters. The number of alkyl halides is 2. The van der Waals surface area contributed by atoms with Crippen LogP contribution in [0.4, 0.5) is 8.78 Å². The van der Waals surface area contributed by atoms with Crippen LogP contribution in [0.5, 0.6) is 0 Å². The summed E-state index contributed by atoms with van der Waals surface area (Å²) in [6.45, 7) is 3.15. The van der Waals surface area contributed by atoms with Gasteiger partial charge in [0.25, 0.3) is 6.43 Å². The maximum Gasteiger partial charge on any atom is 0.303 e. The first-order valence-electron chi connectivity index (χ1n) is 5.84. The Kier molecular flexibility index (Phi) is 6.34. The first kappa shape index (κ1) is 17.6. The lowest BCUT2D eigenvalue weighted by Crippen LogP contribution is -2.55. The number of carbonyl (C=O) groups is 3. The van der Waals surface area contributed by atoms with Gasteiger partial charge in [0.2, 0.25) is 5.44 Å². The van der Waals surface area contributed by atoms with Crippen LogP contribution in [0.2, 0.25) is 0 Å². The van der Waals surface area contributed by atoms with Gasteiger partial charge in [-0.2, -0.15) is 0 Å². The van der Waals surface area contributed by atoms with Crippen LogP contribution in [0.25, 0.3) is 0 Å². The van der Waals surface area contributed by atoms with Gasteiger partial charge in [-0.3, -0.25) is 18.6 Å². The first-order valence-corrected chi connectivity index (χ1v) is 6.64. The van der Waals surface area contributed by atoms with Crippen LogP contribution in [0.15, 0.2) is 0 Å². The quantitative estimate of drug-likeness (QED) is 0.430. The maximum atomic E-state index is 12.9. The van der Waals surface area contributed by atoms with Crippen molar-refractivity contribution in [2.75, 3.05) is 0 Å². The van der Waals surface area contributed by atoms with E-state index in [4.69, 9.17) is 18.4 Å². The van der Waals surface area contributed by atoms with E-state index in [2.05, 4.69) is 0 Å². The lowest BCUT2D eigenvalue weighted by atomic mass is 10.1.